The molecule has 20 heavy (non-hydrogen) atoms. The fraction of sp³-hybridized carbons (Fsp3) is 0.500. The Hall–Kier alpha value is -0.970. The normalized spacial score (nSPS) is 16.4. The van der Waals surface area contributed by atoms with Gasteiger partial charge in [0.1, 0.15) is 5.75 Å². The molecule has 0 saturated heterocycles. The summed E-state index contributed by atoms with van der Waals surface area (Å²) in [4.78, 5) is 12.1. The van der Waals surface area contributed by atoms with Crippen LogP contribution in [0.15, 0.2) is 18.2 Å². The van der Waals surface area contributed by atoms with Crippen molar-refractivity contribution in [2.45, 2.75) is 38.1 Å². The Labute approximate surface area is 130 Å². The predicted molar refractivity (Wildman–Crippen MR) is 83.9 cm³/mol. The zero-order valence-electron chi connectivity index (χ0n) is 11.4. The lowest BCUT2D eigenvalue weighted by atomic mass is 9.98. The quantitative estimate of drug-likeness (QED) is 0.894. The van der Waals surface area contributed by atoms with Gasteiger partial charge in [-0.2, -0.15) is 0 Å². The molecule has 1 aliphatic carbocycles. The predicted octanol–water partition coefficient (Wildman–Crippen LogP) is 3.37. The maximum atomic E-state index is 12.1. The van der Waals surface area contributed by atoms with E-state index in [0.717, 1.165) is 25.7 Å². The van der Waals surface area contributed by atoms with Gasteiger partial charge in [-0.05, 0) is 38.0 Å². The molecule has 0 atom stereocenters. The Morgan fingerprint density at radius 2 is 2.10 bits per heavy atom. The van der Waals surface area contributed by atoms with Gasteiger partial charge in [-0.25, -0.2) is 0 Å². The Morgan fingerprint density at radius 1 is 1.45 bits per heavy atom. The van der Waals surface area contributed by atoms with Gasteiger partial charge in [-0.1, -0.05) is 24.4 Å². The molecule has 1 saturated carbocycles. The van der Waals surface area contributed by atoms with Crippen LogP contribution in [0.2, 0.25) is 5.02 Å². The molecule has 1 amide bonds. The fourth-order valence-corrected chi connectivity index (χ4v) is 2.57. The van der Waals surface area contributed by atoms with Crippen LogP contribution < -0.4 is 15.8 Å². The third-order valence-electron chi connectivity index (χ3n) is 3.44. The van der Waals surface area contributed by atoms with Crippen molar-refractivity contribution < 1.29 is 9.53 Å². The molecule has 1 aromatic rings. The molecule has 3 N–H and O–H groups in total. The minimum absolute atomic E-state index is 0. The van der Waals surface area contributed by atoms with Gasteiger partial charge in [0.05, 0.1) is 17.2 Å². The van der Waals surface area contributed by atoms with Crippen LogP contribution in [0.1, 0.15) is 32.6 Å². The average Bonchev–Trinajstić information content (AvgIpc) is 2.81. The largest absolute Gasteiger partial charge is 0.492 e. The summed E-state index contributed by atoms with van der Waals surface area (Å²) in [5.74, 6) is 0.482. The summed E-state index contributed by atoms with van der Waals surface area (Å²) < 4.78 is 5.35. The van der Waals surface area contributed by atoms with Crippen molar-refractivity contribution in [2.24, 2.45) is 5.73 Å². The van der Waals surface area contributed by atoms with E-state index in [1.54, 1.807) is 18.2 Å². The lowest BCUT2D eigenvalue weighted by Crippen LogP contribution is -2.48. The Bertz CT molecular complexity index is 474. The van der Waals surface area contributed by atoms with Crippen LogP contribution in [-0.4, -0.2) is 18.1 Å². The molecule has 6 heteroatoms. The van der Waals surface area contributed by atoms with Gasteiger partial charge in [0.2, 0.25) is 5.91 Å². The first-order chi connectivity index (χ1) is 9.05. The van der Waals surface area contributed by atoms with Crippen LogP contribution in [0.3, 0.4) is 0 Å². The average molecular weight is 319 g/mol. The number of hydrogen-bond acceptors (Lipinski definition) is 3. The zero-order chi connectivity index (χ0) is 13.9. The highest BCUT2D eigenvalue weighted by Gasteiger charge is 2.36. The standard InChI is InChI=1S/C14H19ClN2O2.ClH/c1-2-19-12-6-5-10(9-11(12)15)17-13(18)14(16)7-3-4-8-14;/h5-6,9H,2-4,7-8,16H2,1H3,(H,17,18);1H. The maximum Gasteiger partial charge on any atom is 0.244 e. The van der Waals surface area contributed by atoms with Gasteiger partial charge in [0.25, 0.3) is 0 Å². The van der Waals surface area contributed by atoms with Gasteiger partial charge < -0.3 is 15.8 Å². The summed E-state index contributed by atoms with van der Waals surface area (Å²) in [6.07, 6.45) is 3.50. The van der Waals surface area contributed by atoms with Crippen molar-refractivity contribution in [1.29, 1.82) is 0 Å². The number of benzene rings is 1. The van der Waals surface area contributed by atoms with Gasteiger partial charge in [-0.3, -0.25) is 4.79 Å². The van der Waals surface area contributed by atoms with Gasteiger partial charge in [0.15, 0.2) is 0 Å². The number of nitrogens with two attached hydrogens (primary N) is 1. The smallest absolute Gasteiger partial charge is 0.244 e. The summed E-state index contributed by atoms with van der Waals surface area (Å²) in [5.41, 5.74) is 6.01. The van der Waals surface area contributed by atoms with Gasteiger partial charge in [0, 0.05) is 5.69 Å². The summed E-state index contributed by atoms with van der Waals surface area (Å²) in [5, 5.41) is 3.31. The number of amides is 1. The number of halogens is 2. The molecule has 0 bridgehead atoms. The van der Waals surface area contributed by atoms with E-state index in [4.69, 9.17) is 22.1 Å². The summed E-state index contributed by atoms with van der Waals surface area (Å²) >= 11 is 6.08. The SMILES string of the molecule is CCOc1ccc(NC(=O)C2(N)CCCC2)cc1Cl.Cl. The molecule has 2 rings (SSSR count). The van der Waals surface area contributed by atoms with Crippen LogP contribution in [0.4, 0.5) is 5.69 Å². The van der Waals surface area contributed by atoms with E-state index in [1.807, 2.05) is 6.92 Å². The summed E-state index contributed by atoms with van der Waals surface area (Å²) in [6.45, 7) is 2.45. The minimum atomic E-state index is -0.731. The van der Waals surface area contributed by atoms with Crippen molar-refractivity contribution in [3.8, 4) is 5.75 Å². The second-order valence-corrected chi connectivity index (χ2v) is 5.30. The number of carbonyl (C=O) groups is 1. The van der Waals surface area contributed by atoms with Crippen LogP contribution in [-0.2, 0) is 4.79 Å². The second-order valence-electron chi connectivity index (χ2n) is 4.90. The molecule has 1 aliphatic rings. The highest BCUT2D eigenvalue weighted by atomic mass is 35.5. The molecule has 0 radical (unpaired) electrons. The molecule has 0 heterocycles. The summed E-state index contributed by atoms with van der Waals surface area (Å²) in [7, 11) is 0. The van der Waals surface area contributed by atoms with Crippen molar-refractivity contribution >= 4 is 35.6 Å². The summed E-state index contributed by atoms with van der Waals surface area (Å²) in [6, 6.07) is 5.20. The lowest BCUT2D eigenvalue weighted by Gasteiger charge is -2.22. The molecule has 0 spiro atoms. The van der Waals surface area contributed by atoms with Gasteiger partial charge >= 0.3 is 0 Å². The Kier molecular flexibility index (Phi) is 6.11. The van der Waals surface area contributed by atoms with E-state index < -0.39 is 5.54 Å². The highest BCUT2D eigenvalue weighted by Crippen LogP contribution is 2.31. The van der Waals surface area contributed by atoms with Crippen molar-refractivity contribution in [3.63, 3.8) is 0 Å². The molecule has 0 aliphatic heterocycles. The maximum absolute atomic E-state index is 12.1. The van der Waals surface area contributed by atoms with Crippen LogP contribution >= 0.6 is 24.0 Å². The van der Waals surface area contributed by atoms with E-state index in [2.05, 4.69) is 5.32 Å². The topological polar surface area (TPSA) is 64.3 Å². The van der Waals surface area contributed by atoms with Crippen molar-refractivity contribution in [1.82, 2.24) is 0 Å². The number of ether oxygens (including phenoxy) is 1. The fourth-order valence-electron chi connectivity index (χ4n) is 2.34. The number of anilines is 1. The van der Waals surface area contributed by atoms with Crippen molar-refractivity contribution in [2.75, 3.05) is 11.9 Å². The number of hydrogen-bond donors (Lipinski definition) is 2. The number of rotatable bonds is 4. The second kappa shape index (κ2) is 7.16. The molecule has 1 aromatic carbocycles. The molecule has 4 nitrogen and oxygen atoms in total. The molecule has 112 valence electrons. The molecule has 1 fully saturated rings. The van der Waals surface area contributed by atoms with E-state index in [0.29, 0.717) is 23.1 Å². The highest BCUT2D eigenvalue weighted by molar-refractivity contribution is 6.32. The Morgan fingerprint density at radius 3 is 2.65 bits per heavy atom. The van der Waals surface area contributed by atoms with E-state index in [1.165, 1.54) is 0 Å². The van der Waals surface area contributed by atoms with Crippen molar-refractivity contribution in [3.05, 3.63) is 23.2 Å². The number of nitrogens with one attached hydrogen (secondary N) is 1. The number of carbonyl (C=O) groups excluding carboxylic acids is 1. The van der Waals surface area contributed by atoms with E-state index in [9.17, 15) is 4.79 Å². The molecular formula is C14H20Cl2N2O2. The minimum Gasteiger partial charge on any atom is -0.492 e. The monoisotopic (exact) mass is 318 g/mol. The van der Waals surface area contributed by atoms with E-state index in [-0.39, 0.29) is 18.3 Å². The lowest BCUT2D eigenvalue weighted by molar-refractivity contribution is -0.121. The Balaban J connectivity index is 0.00000200. The molecule has 0 unspecified atom stereocenters. The first-order valence-electron chi connectivity index (χ1n) is 6.58. The van der Waals surface area contributed by atoms with E-state index >= 15 is 0 Å². The van der Waals surface area contributed by atoms with Gasteiger partial charge in [-0.15, -0.1) is 12.4 Å². The third kappa shape index (κ3) is 3.78. The van der Waals surface area contributed by atoms with Crippen LogP contribution in [0, 0.1) is 0 Å². The molecular weight excluding hydrogens is 299 g/mol. The first-order valence-corrected chi connectivity index (χ1v) is 6.95. The first kappa shape index (κ1) is 17.1. The zero-order valence-corrected chi connectivity index (χ0v) is 13.0. The van der Waals surface area contributed by atoms with Crippen LogP contribution in [0.5, 0.6) is 5.75 Å². The third-order valence-corrected chi connectivity index (χ3v) is 3.73. The molecule has 0 aromatic heterocycles. The van der Waals surface area contributed by atoms with Crippen LogP contribution in [0.25, 0.3) is 0 Å².